The zero-order valence-electron chi connectivity index (χ0n) is 9.53. The third-order valence-electron chi connectivity index (χ3n) is 2.81. The second-order valence-corrected chi connectivity index (χ2v) is 5.89. The first kappa shape index (κ1) is 14.0. The first-order chi connectivity index (χ1) is 8.70. The predicted molar refractivity (Wildman–Crippen MR) is 60.4 cm³/mol. The number of hydrogen-bond acceptors (Lipinski definition) is 5. The van der Waals surface area contributed by atoms with Crippen LogP contribution in [0, 0.1) is 0 Å². The molecule has 2 rings (SSSR count). The van der Waals surface area contributed by atoms with Crippen LogP contribution in [0.1, 0.15) is 12.8 Å². The average molecular weight is 296 g/mol. The van der Waals surface area contributed by atoms with Crippen molar-refractivity contribution in [2.75, 3.05) is 5.43 Å². The lowest BCUT2D eigenvalue weighted by Crippen LogP contribution is -2.47. The van der Waals surface area contributed by atoms with Gasteiger partial charge >= 0.3 is 6.18 Å². The van der Waals surface area contributed by atoms with E-state index in [1.165, 1.54) is 0 Å². The molecule has 0 spiro atoms. The summed E-state index contributed by atoms with van der Waals surface area (Å²) >= 11 is 0. The molecule has 4 N–H and O–H groups in total. The number of nitrogens with one attached hydrogen (secondary N) is 2. The molecule has 19 heavy (non-hydrogen) atoms. The van der Waals surface area contributed by atoms with Gasteiger partial charge in [-0.25, -0.2) is 19.2 Å². The summed E-state index contributed by atoms with van der Waals surface area (Å²) in [4.78, 5) is 3.35. The Bertz CT molecular complexity index is 583. The Morgan fingerprint density at radius 2 is 2.00 bits per heavy atom. The molecule has 1 saturated carbocycles. The molecule has 0 atom stereocenters. The molecule has 0 aliphatic heterocycles. The smallest absolute Gasteiger partial charge is 0.308 e. The summed E-state index contributed by atoms with van der Waals surface area (Å²) in [5, 5.41) is 0. The van der Waals surface area contributed by atoms with Gasteiger partial charge in [0.15, 0.2) is 0 Å². The van der Waals surface area contributed by atoms with Gasteiger partial charge in [-0.05, 0) is 18.9 Å². The second kappa shape index (κ2) is 4.32. The summed E-state index contributed by atoms with van der Waals surface area (Å²) in [5.74, 6) is 5.10. The number of sulfonamides is 1. The largest absolute Gasteiger partial charge is 0.407 e. The van der Waals surface area contributed by atoms with Gasteiger partial charge in [-0.3, -0.25) is 0 Å². The van der Waals surface area contributed by atoms with E-state index in [4.69, 9.17) is 5.84 Å². The maximum atomic E-state index is 12.7. The van der Waals surface area contributed by atoms with Crippen molar-refractivity contribution in [3.63, 3.8) is 0 Å². The molecule has 1 heterocycles. The Labute approximate surface area is 107 Å². The highest BCUT2D eigenvalue weighted by molar-refractivity contribution is 7.89. The van der Waals surface area contributed by atoms with E-state index < -0.39 is 21.7 Å². The molecule has 10 heteroatoms. The lowest BCUT2D eigenvalue weighted by molar-refractivity contribution is -0.160. The van der Waals surface area contributed by atoms with E-state index in [-0.39, 0.29) is 23.6 Å². The summed E-state index contributed by atoms with van der Waals surface area (Å²) in [7, 11) is -4.28. The monoisotopic (exact) mass is 296 g/mol. The minimum Gasteiger partial charge on any atom is -0.308 e. The molecule has 0 aromatic carbocycles. The number of aromatic nitrogens is 1. The van der Waals surface area contributed by atoms with Gasteiger partial charge in [0.05, 0.1) is 4.90 Å². The number of anilines is 1. The van der Waals surface area contributed by atoms with Gasteiger partial charge < -0.3 is 5.43 Å². The number of pyridine rings is 1. The number of rotatable bonds is 4. The minimum atomic E-state index is -4.61. The summed E-state index contributed by atoms with van der Waals surface area (Å²) in [6, 6.07) is 2.14. The standard InChI is InChI=1S/C9H11F3N4O2S/c10-9(11,12)8(2-3-8)16-19(17,18)6-1-4-14-7(5-6)15-13/h1,4-5,16H,2-3,13H2,(H,14,15). The zero-order valence-corrected chi connectivity index (χ0v) is 10.3. The van der Waals surface area contributed by atoms with Gasteiger partial charge in [0, 0.05) is 12.3 Å². The molecule has 0 amide bonds. The highest BCUT2D eigenvalue weighted by atomic mass is 32.2. The topological polar surface area (TPSA) is 97.1 Å². The fraction of sp³-hybridized carbons (Fsp3) is 0.444. The van der Waals surface area contributed by atoms with E-state index in [0.717, 1.165) is 18.3 Å². The lowest BCUT2D eigenvalue weighted by Gasteiger charge is -2.20. The maximum absolute atomic E-state index is 12.7. The Kier molecular flexibility index (Phi) is 3.19. The number of hydrogen-bond donors (Lipinski definition) is 3. The summed E-state index contributed by atoms with van der Waals surface area (Å²) < 4.78 is 63.6. The van der Waals surface area contributed by atoms with Crippen LogP contribution < -0.4 is 16.0 Å². The van der Waals surface area contributed by atoms with Crippen molar-refractivity contribution in [2.45, 2.75) is 29.5 Å². The molecule has 106 valence electrons. The van der Waals surface area contributed by atoms with Crippen LogP contribution in [0.2, 0.25) is 0 Å². The van der Waals surface area contributed by atoms with Crippen molar-refractivity contribution in [3.05, 3.63) is 18.3 Å². The molecule has 1 fully saturated rings. The first-order valence-electron chi connectivity index (χ1n) is 5.24. The Morgan fingerprint density at radius 1 is 1.37 bits per heavy atom. The summed E-state index contributed by atoms with van der Waals surface area (Å²) in [6.45, 7) is 0. The molecule has 1 aliphatic carbocycles. The van der Waals surface area contributed by atoms with Gasteiger partial charge in [0.2, 0.25) is 10.0 Å². The van der Waals surface area contributed by atoms with Crippen LogP contribution in [0.25, 0.3) is 0 Å². The van der Waals surface area contributed by atoms with Crippen molar-refractivity contribution < 1.29 is 21.6 Å². The third kappa shape index (κ3) is 2.65. The molecule has 0 bridgehead atoms. The van der Waals surface area contributed by atoms with Crippen LogP contribution >= 0.6 is 0 Å². The van der Waals surface area contributed by atoms with Gasteiger partial charge in [-0.1, -0.05) is 0 Å². The average Bonchev–Trinajstić information content (AvgIpc) is 3.09. The molecule has 0 unspecified atom stereocenters. The third-order valence-corrected chi connectivity index (χ3v) is 4.35. The van der Waals surface area contributed by atoms with E-state index in [0.29, 0.717) is 0 Å². The minimum absolute atomic E-state index is 0.0414. The quantitative estimate of drug-likeness (QED) is 0.562. The number of halogens is 3. The summed E-state index contributed by atoms with van der Waals surface area (Å²) in [5.41, 5.74) is -0.219. The number of alkyl halides is 3. The van der Waals surface area contributed by atoms with Crippen molar-refractivity contribution in [3.8, 4) is 0 Å². The number of nitrogens with two attached hydrogens (primary N) is 1. The molecule has 1 aliphatic rings. The van der Waals surface area contributed by atoms with E-state index in [1.54, 1.807) is 4.72 Å². The SMILES string of the molecule is NNc1cc(S(=O)(=O)NC2(C(F)(F)F)CC2)ccn1. The van der Waals surface area contributed by atoms with Crippen molar-refractivity contribution in [2.24, 2.45) is 5.84 Å². The van der Waals surface area contributed by atoms with Gasteiger partial charge in [-0.15, -0.1) is 0 Å². The van der Waals surface area contributed by atoms with E-state index >= 15 is 0 Å². The van der Waals surface area contributed by atoms with Gasteiger partial charge in [0.1, 0.15) is 11.4 Å². The maximum Gasteiger partial charge on any atom is 0.407 e. The highest BCUT2D eigenvalue weighted by Crippen LogP contribution is 2.49. The van der Waals surface area contributed by atoms with Crippen molar-refractivity contribution >= 4 is 15.8 Å². The van der Waals surface area contributed by atoms with Gasteiger partial charge in [0.25, 0.3) is 0 Å². The Balaban J connectivity index is 2.29. The lowest BCUT2D eigenvalue weighted by atomic mass is 10.3. The van der Waals surface area contributed by atoms with Crippen LogP contribution in [0.5, 0.6) is 0 Å². The zero-order chi connectivity index (χ0) is 14.3. The number of nitrogen functional groups attached to an aromatic ring is 1. The molecular formula is C9H11F3N4O2S. The van der Waals surface area contributed by atoms with E-state index in [9.17, 15) is 21.6 Å². The first-order valence-corrected chi connectivity index (χ1v) is 6.72. The van der Waals surface area contributed by atoms with Crippen LogP contribution in [-0.4, -0.2) is 25.1 Å². The van der Waals surface area contributed by atoms with E-state index in [2.05, 4.69) is 10.4 Å². The molecule has 6 nitrogen and oxygen atoms in total. The van der Waals surface area contributed by atoms with Crippen LogP contribution in [0.15, 0.2) is 23.2 Å². The highest BCUT2D eigenvalue weighted by Gasteiger charge is 2.65. The molecular weight excluding hydrogens is 285 g/mol. The molecule has 1 aromatic heterocycles. The van der Waals surface area contributed by atoms with Crippen molar-refractivity contribution in [1.29, 1.82) is 0 Å². The van der Waals surface area contributed by atoms with Crippen LogP contribution in [0.3, 0.4) is 0 Å². The van der Waals surface area contributed by atoms with Crippen LogP contribution in [0.4, 0.5) is 19.0 Å². The van der Waals surface area contributed by atoms with E-state index in [1.807, 2.05) is 0 Å². The molecule has 0 saturated heterocycles. The van der Waals surface area contributed by atoms with Crippen LogP contribution in [-0.2, 0) is 10.0 Å². The Hall–Kier alpha value is -1.39. The molecule has 0 radical (unpaired) electrons. The number of hydrazine groups is 1. The van der Waals surface area contributed by atoms with Crippen molar-refractivity contribution in [1.82, 2.24) is 9.71 Å². The normalized spacial score (nSPS) is 18.1. The number of nitrogens with zero attached hydrogens (tertiary/aromatic N) is 1. The second-order valence-electron chi connectivity index (χ2n) is 4.21. The predicted octanol–water partition coefficient (Wildman–Crippen LogP) is 0.740. The molecule has 1 aromatic rings. The van der Waals surface area contributed by atoms with Gasteiger partial charge in [-0.2, -0.15) is 17.9 Å². The fourth-order valence-electron chi connectivity index (χ4n) is 1.54. The Morgan fingerprint density at radius 3 is 2.47 bits per heavy atom. The fourth-order valence-corrected chi connectivity index (χ4v) is 3.00. The summed E-state index contributed by atoms with van der Waals surface area (Å²) in [6.07, 6.45) is -4.00.